The van der Waals surface area contributed by atoms with Crippen molar-refractivity contribution in [3.05, 3.63) is 35.9 Å². The van der Waals surface area contributed by atoms with Crippen LogP contribution in [0.1, 0.15) is 39.2 Å². The number of halogens is 1. The van der Waals surface area contributed by atoms with Crippen LogP contribution in [0.3, 0.4) is 0 Å². The predicted octanol–water partition coefficient (Wildman–Crippen LogP) is 2.43. The third-order valence-electron chi connectivity index (χ3n) is 4.92. The van der Waals surface area contributed by atoms with Crippen LogP contribution in [0.2, 0.25) is 0 Å². The van der Waals surface area contributed by atoms with E-state index in [4.69, 9.17) is 5.73 Å². The van der Waals surface area contributed by atoms with Gasteiger partial charge in [-0.25, -0.2) is 0 Å². The summed E-state index contributed by atoms with van der Waals surface area (Å²) >= 11 is 0. The number of nitrogens with two attached hydrogens (primary N) is 1. The first-order valence-electron chi connectivity index (χ1n) is 8.62. The van der Waals surface area contributed by atoms with Gasteiger partial charge in [0.05, 0.1) is 0 Å². The molecule has 0 radical (unpaired) electrons. The Morgan fingerprint density at radius 2 is 1.92 bits per heavy atom. The van der Waals surface area contributed by atoms with Crippen LogP contribution in [0.4, 0.5) is 0 Å². The lowest BCUT2D eigenvalue weighted by Crippen LogP contribution is -2.54. The molecule has 25 heavy (non-hydrogen) atoms. The molecule has 1 aromatic rings. The Labute approximate surface area is 157 Å². The van der Waals surface area contributed by atoms with Crippen LogP contribution in [0.25, 0.3) is 0 Å². The molecule has 1 aromatic carbocycles. The first kappa shape index (κ1) is 21.5. The average molecular weight is 368 g/mol. The molecule has 140 valence electrons. The molecule has 2 amide bonds. The normalized spacial score (nSPS) is 19.0. The molecule has 1 aliphatic heterocycles. The summed E-state index contributed by atoms with van der Waals surface area (Å²) < 4.78 is 0. The van der Waals surface area contributed by atoms with Crippen LogP contribution in [-0.4, -0.2) is 47.3 Å². The van der Waals surface area contributed by atoms with Gasteiger partial charge in [0.2, 0.25) is 11.8 Å². The quantitative estimate of drug-likeness (QED) is 0.869. The fourth-order valence-corrected chi connectivity index (χ4v) is 3.13. The third kappa shape index (κ3) is 6.01. The highest BCUT2D eigenvalue weighted by Crippen LogP contribution is 2.28. The van der Waals surface area contributed by atoms with Gasteiger partial charge in [-0.05, 0) is 17.4 Å². The number of nitrogens with zero attached hydrogens (tertiary/aromatic N) is 2. The maximum atomic E-state index is 12.5. The SMILES string of the molecule is CC(=O)N(CCC(=O)N1CCC(N)C(C)(C)C1)Cc1ccccc1.Cl. The van der Waals surface area contributed by atoms with Gasteiger partial charge in [-0.1, -0.05) is 44.2 Å². The number of piperidine rings is 1. The largest absolute Gasteiger partial charge is 0.342 e. The van der Waals surface area contributed by atoms with Crippen molar-refractivity contribution in [2.24, 2.45) is 11.1 Å². The van der Waals surface area contributed by atoms with E-state index in [1.54, 1.807) is 11.8 Å². The van der Waals surface area contributed by atoms with Gasteiger partial charge in [0.1, 0.15) is 0 Å². The second-order valence-electron chi connectivity index (χ2n) is 7.38. The summed E-state index contributed by atoms with van der Waals surface area (Å²) in [4.78, 5) is 28.0. The van der Waals surface area contributed by atoms with Crippen LogP contribution in [0, 0.1) is 5.41 Å². The minimum atomic E-state index is -0.0573. The summed E-state index contributed by atoms with van der Waals surface area (Å²) in [7, 11) is 0. The van der Waals surface area contributed by atoms with Crippen LogP contribution < -0.4 is 5.73 Å². The van der Waals surface area contributed by atoms with E-state index in [1.807, 2.05) is 35.2 Å². The monoisotopic (exact) mass is 367 g/mol. The standard InChI is InChI=1S/C19H29N3O2.ClH/c1-15(23)21(13-16-7-5-4-6-8-16)12-10-18(24)22-11-9-17(20)19(2,3)14-22;/h4-8,17H,9-14,20H2,1-3H3;1H. The number of hydrogen-bond acceptors (Lipinski definition) is 3. The zero-order valence-electron chi connectivity index (χ0n) is 15.4. The first-order chi connectivity index (χ1) is 11.3. The van der Waals surface area contributed by atoms with E-state index in [-0.39, 0.29) is 35.7 Å². The molecule has 6 heteroatoms. The smallest absolute Gasteiger partial charge is 0.224 e. The van der Waals surface area contributed by atoms with Crippen molar-refractivity contribution in [1.82, 2.24) is 9.80 Å². The van der Waals surface area contributed by atoms with E-state index in [2.05, 4.69) is 13.8 Å². The Kier molecular flexibility index (Phi) is 7.90. The molecular formula is C19H30ClN3O2. The van der Waals surface area contributed by atoms with Crippen LogP contribution in [0.5, 0.6) is 0 Å². The van der Waals surface area contributed by atoms with Crippen molar-refractivity contribution in [3.8, 4) is 0 Å². The molecule has 1 fully saturated rings. The second kappa shape index (κ2) is 9.20. The van der Waals surface area contributed by atoms with E-state index in [9.17, 15) is 9.59 Å². The highest BCUT2D eigenvalue weighted by Gasteiger charge is 2.35. The van der Waals surface area contributed by atoms with Crippen molar-refractivity contribution in [1.29, 1.82) is 0 Å². The molecule has 1 saturated heterocycles. The van der Waals surface area contributed by atoms with Gasteiger partial charge >= 0.3 is 0 Å². The van der Waals surface area contributed by atoms with Gasteiger partial charge in [0.25, 0.3) is 0 Å². The lowest BCUT2D eigenvalue weighted by atomic mass is 9.79. The molecule has 0 spiro atoms. The van der Waals surface area contributed by atoms with Gasteiger partial charge < -0.3 is 15.5 Å². The lowest BCUT2D eigenvalue weighted by Gasteiger charge is -2.42. The molecule has 1 atom stereocenters. The Morgan fingerprint density at radius 3 is 2.48 bits per heavy atom. The zero-order chi connectivity index (χ0) is 17.7. The molecule has 0 saturated carbocycles. The summed E-state index contributed by atoms with van der Waals surface area (Å²) in [6.07, 6.45) is 1.19. The summed E-state index contributed by atoms with van der Waals surface area (Å²) in [6.45, 7) is 8.15. The maximum Gasteiger partial charge on any atom is 0.224 e. The Balaban J connectivity index is 0.00000312. The molecule has 0 aromatic heterocycles. The van der Waals surface area contributed by atoms with Crippen molar-refractivity contribution in [3.63, 3.8) is 0 Å². The van der Waals surface area contributed by atoms with Gasteiger partial charge in [-0.2, -0.15) is 0 Å². The Hall–Kier alpha value is -1.59. The number of benzene rings is 1. The van der Waals surface area contributed by atoms with Crippen LogP contribution in [0.15, 0.2) is 30.3 Å². The van der Waals surface area contributed by atoms with E-state index >= 15 is 0 Å². The maximum absolute atomic E-state index is 12.5. The highest BCUT2D eigenvalue weighted by atomic mass is 35.5. The first-order valence-corrected chi connectivity index (χ1v) is 8.62. The molecule has 1 aliphatic rings. The number of carbonyl (C=O) groups excluding carboxylic acids is 2. The van der Waals surface area contributed by atoms with Crippen molar-refractivity contribution >= 4 is 24.2 Å². The summed E-state index contributed by atoms with van der Waals surface area (Å²) in [6, 6.07) is 9.98. The minimum absolute atomic E-state index is 0. The molecule has 1 unspecified atom stereocenters. The molecule has 2 rings (SSSR count). The van der Waals surface area contributed by atoms with Gasteiger partial charge in [0.15, 0.2) is 0 Å². The Morgan fingerprint density at radius 1 is 1.28 bits per heavy atom. The number of likely N-dealkylation sites (tertiary alicyclic amines) is 1. The van der Waals surface area contributed by atoms with Gasteiger partial charge in [-0.15, -0.1) is 12.4 Å². The second-order valence-corrected chi connectivity index (χ2v) is 7.38. The van der Waals surface area contributed by atoms with E-state index in [0.717, 1.165) is 12.0 Å². The van der Waals surface area contributed by atoms with E-state index < -0.39 is 0 Å². The van der Waals surface area contributed by atoms with E-state index in [1.165, 1.54) is 0 Å². The van der Waals surface area contributed by atoms with Gasteiger partial charge in [0, 0.05) is 45.6 Å². The number of rotatable bonds is 5. The molecule has 1 heterocycles. The summed E-state index contributed by atoms with van der Waals surface area (Å²) in [5, 5.41) is 0. The Bertz CT molecular complexity index is 577. The van der Waals surface area contributed by atoms with Crippen LogP contribution >= 0.6 is 12.4 Å². The molecular weight excluding hydrogens is 338 g/mol. The fourth-order valence-electron chi connectivity index (χ4n) is 3.13. The molecule has 5 nitrogen and oxygen atoms in total. The van der Waals surface area contributed by atoms with Crippen molar-refractivity contribution in [2.45, 2.75) is 46.2 Å². The molecule has 2 N–H and O–H groups in total. The minimum Gasteiger partial charge on any atom is -0.342 e. The summed E-state index contributed by atoms with van der Waals surface area (Å²) in [5.74, 6) is 0.0990. The van der Waals surface area contributed by atoms with Crippen molar-refractivity contribution in [2.75, 3.05) is 19.6 Å². The average Bonchev–Trinajstić information content (AvgIpc) is 2.54. The molecule has 0 aliphatic carbocycles. The fraction of sp³-hybridized carbons (Fsp3) is 0.579. The molecule has 0 bridgehead atoms. The number of amides is 2. The predicted molar refractivity (Wildman–Crippen MR) is 102 cm³/mol. The topological polar surface area (TPSA) is 66.6 Å². The summed E-state index contributed by atoms with van der Waals surface area (Å²) in [5.41, 5.74) is 7.15. The van der Waals surface area contributed by atoms with Gasteiger partial charge in [-0.3, -0.25) is 9.59 Å². The number of hydrogen-bond donors (Lipinski definition) is 1. The zero-order valence-corrected chi connectivity index (χ0v) is 16.2. The van der Waals surface area contributed by atoms with Crippen LogP contribution in [-0.2, 0) is 16.1 Å². The lowest BCUT2D eigenvalue weighted by molar-refractivity contribution is -0.136. The van der Waals surface area contributed by atoms with Crippen molar-refractivity contribution < 1.29 is 9.59 Å². The number of carbonyl (C=O) groups is 2. The van der Waals surface area contributed by atoms with E-state index in [0.29, 0.717) is 32.6 Å². The third-order valence-corrected chi connectivity index (χ3v) is 4.92. The highest BCUT2D eigenvalue weighted by molar-refractivity contribution is 5.85.